The van der Waals surface area contributed by atoms with Crippen LogP contribution in [0.2, 0.25) is 5.02 Å². The van der Waals surface area contributed by atoms with Gasteiger partial charge in [0.25, 0.3) is 0 Å². The van der Waals surface area contributed by atoms with Crippen LogP contribution in [0.25, 0.3) is 11.0 Å². The van der Waals surface area contributed by atoms with E-state index in [0.29, 0.717) is 23.7 Å². The smallest absolute Gasteiger partial charge is 0.239 e. The van der Waals surface area contributed by atoms with Crippen LogP contribution in [0, 0.1) is 5.82 Å². The lowest BCUT2D eigenvalue weighted by Crippen LogP contribution is -2.56. The maximum Gasteiger partial charge on any atom is 0.239 e. The second kappa shape index (κ2) is 8.91. The highest BCUT2D eigenvalue weighted by Crippen LogP contribution is 2.29. The van der Waals surface area contributed by atoms with Gasteiger partial charge >= 0.3 is 0 Å². The van der Waals surface area contributed by atoms with Gasteiger partial charge in [0.1, 0.15) is 11.3 Å². The summed E-state index contributed by atoms with van der Waals surface area (Å²) in [7, 11) is 0. The van der Waals surface area contributed by atoms with Crippen LogP contribution >= 0.6 is 11.6 Å². The third-order valence-electron chi connectivity index (χ3n) is 6.86. The zero-order valence-corrected chi connectivity index (χ0v) is 19.6. The maximum absolute atomic E-state index is 14.5. The van der Waals surface area contributed by atoms with Crippen LogP contribution in [-0.4, -0.2) is 64.1 Å². The SMILES string of the molecule is C[C@H](c1ccc(Cl)cc1F)n1nnc2ccc(N3CCN(C(=O)[C@H]4CCCN4)C[C@@H]3C)cc21. The number of anilines is 1. The second-order valence-corrected chi connectivity index (χ2v) is 9.46. The van der Waals surface area contributed by atoms with E-state index in [4.69, 9.17) is 11.6 Å². The van der Waals surface area contributed by atoms with Crippen molar-refractivity contribution in [1.29, 1.82) is 0 Å². The first-order valence-electron chi connectivity index (χ1n) is 11.5. The molecule has 2 aliphatic rings. The molecular formula is C24H28ClFN6O. The highest BCUT2D eigenvalue weighted by molar-refractivity contribution is 6.30. The number of nitrogens with one attached hydrogen (secondary N) is 1. The molecule has 7 nitrogen and oxygen atoms in total. The number of amides is 1. The van der Waals surface area contributed by atoms with Crippen LogP contribution in [-0.2, 0) is 4.79 Å². The first-order valence-corrected chi connectivity index (χ1v) is 11.9. The van der Waals surface area contributed by atoms with Crippen molar-refractivity contribution < 1.29 is 9.18 Å². The number of piperazine rings is 1. The molecule has 3 heterocycles. The van der Waals surface area contributed by atoms with E-state index < -0.39 is 0 Å². The molecule has 174 valence electrons. The Bertz CT molecular complexity index is 1180. The largest absolute Gasteiger partial charge is 0.365 e. The van der Waals surface area contributed by atoms with Gasteiger partial charge in [-0.05, 0) is 63.6 Å². The summed E-state index contributed by atoms with van der Waals surface area (Å²) in [5, 5.41) is 12.3. The third kappa shape index (κ3) is 4.17. The molecular weight excluding hydrogens is 443 g/mol. The fraction of sp³-hybridized carbons (Fsp3) is 0.458. The number of benzene rings is 2. The van der Waals surface area contributed by atoms with Gasteiger partial charge in [-0.1, -0.05) is 22.9 Å². The Morgan fingerprint density at radius 3 is 2.82 bits per heavy atom. The molecule has 1 amide bonds. The summed E-state index contributed by atoms with van der Waals surface area (Å²) in [6.07, 6.45) is 1.99. The van der Waals surface area contributed by atoms with E-state index in [2.05, 4.69) is 33.5 Å². The van der Waals surface area contributed by atoms with Gasteiger partial charge in [-0.25, -0.2) is 9.07 Å². The lowest BCUT2D eigenvalue weighted by molar-refractivity contribution is -0.133. The van der Waals surface area contributed by atoms with Crippen LogP contribution in [0.5, 0.6) is 0 Å². The van der Waals surface area contributed by atoms with Crippen LogP contribution < -0.4 is 10.2 Å². The predicted molar refractivity (Wildman–Crippen MR) is 127 cm³/mol. The molecule has 0 unspecified atom stereocenters. The molecule has 3 aromatic rings. The number of hydrogen-bond donors (Lipinski definition) is 1. The molecule has 0 aliphatic carbocycles. The van der Waals surface area contributed by atoms with Gasteiger partial charge < -0.3 is 15.1 Å². The molecule has 2 aromatic carbocycles. The lowest BCUT2D eigenvalue weighted by atomic mass is 10.1. The summed E-state index contributed by atoms with van der Waals surface area (Å²) < 4.78 is 16.3. The highest BCUT2D eigenvalue weighted by Gasteiger charge is 2.32. The van der Waals surface area contributed by atoms with Gasteiger partial charge in [0.15, 0.2) is 0 Å². The Morgan fingerprint density at radius 1 is 1.24 bits per heavy atom. The Kier molecular flexibility index (Phi) is 5.97. The quantitative estimate of drug-likeness (QED) is 0.630. The molecule has 1 N–H and O–H groups in total. The standard InChI is InChI=1S/C24H28ClFN6O/c1-15-14-30(24(33)22-4-3-9-27-22)10-11-31(15)18-6-8-21-23(13-18)32(29-28-21)16(2)19-7-5-17(25)12-20(19)26/h5-8,12-13,15-16,22,27H,3-4,9-11,14H2,1-2H3/t15-,16+,22+/m0/s1. The van der Waals surface area contributed by atoms with E-state index in [0.717, 1.165) is 42.7 Å². The van der Waals surface area contributed by atoms with Crippen molar-refractivity contribution in [2.24, 2.45) is 0 Å². The van der Waals surface area contributed by atoms with Crippen molar-refractivity contribution in [2.45, 2.75) is 44.8 Å². The van der Waals surface area contributed by atoms with Crippen molar-refractivity contribution in [3.8, 4) is 0 Å². The van der Waals surface area contributed by atoms with Gasteiger partial charge in [-0.3, -0.25) is 4.79 Å². The molecule has 0 spiro atoms. The number of fused-ring (bicyclic) bond motifs is 1. The minimum absolute atomic E-state index is 0.0322. The van der Waals surface area contributed by atoms with Crippen molar-refractivity contribution >= 4 is 34.2 Å². The molecule has 2 fully saturated rings. The van der Waals surface area contributed by atoms with Gasteiger partial charge in [-0.2, -0.15) is 0 Å². The number of rotatable bonds is 4. The summed E-state index contributed by atoms with van der Waals surface area (Å²) in [5.74, 6) is -0.142. The second-order valence-electron chi connectivity index (χ2n) is 9.02. The maximum atomic E-state index is 14.5. The van der Waals surface area contributed by atoms with Crippen LogP contribution in [0.3, 0.4) is 0 Å². The number of carbonyl (C=O) groups is 1. The Balaban J connectivity index is 1.38. The first-order chi connectivity index (χ1) is 15.9. The zero-order chi connectivity index (χ0) is 23.1. The van der Waals surface area contributed by atoms with E-state index in [1.165, 1.54) is 6.07 Å². The Labute approximate surface area is 197 Å². The molecule has 2 saturated heterocycles. The summed E-state index contributed by atoms with van der Waals surface area (Å²) in [4.78, 5) is 17.1. The van der Waals surface area contributed by atoms with E-state index in [-0.39, 0.29) is 29.8 Å². The number of nitrogens with zero attached hydrogens (tertiary/aromatic N) is 5. The summed E-state index contributed by atoms with van der Waals surface area (Å²) in [6, 6.07) is 10.6. The van der Waals surface area contributed by atoms with E-state index in [9.17, 15) is 9.18 Å². The monoisotopic (exact) mass is 470 g/mol. The number of carbonyl (C=O) groups excluding carboxylic acids is 1. The minimum Gasteiger partial charge on any atom is -0.365 e. The van der Waals surface area contributed by atoms with Gasteiger partial charge in [0, 0.05) is 41.9 Å². The van der Waals surface area contributed by atoms with E-state index >= 15 is 0 Å². The fourth-order valence-corrected chi connectivity index (χ4v) is 5.18. The Hall–Kier alpha value is -2.71. The van der Waals surface area contributed by atoms with Crippen molar-refractivity contribution in [3.63, 3.8) is 0 Å². The molecule has 3 atom stereocenters. The topological polar surface area (TPSA) is 66.3 Å². The predicted octanol–water partition coefficient (Wildman–Crippen LogP) is 3.62. The lowest BCUT2D eigenvalue weighted by Gasteiger charge is -2.42. The number of halogens is 2. The Morgan fingerprint density at radius 2 is 2.09 bits per heavy atom. The third-order valence-corrected chi connectivity index (χ3v) is 7.10. The van der Waals surface area contributed by atoms with Crippen molar-refractivity contribution in [1.82, 2.24) is 25.2 Å². The van der Waals surface area contributed by atoms with Crippen LogP contribution in [0.1, 0.15) is 38.3 Å². The van der Waals surface area contributed by atoms with E-state index in [1.54, 1.807) is 16.8 Å². The minimum atomic E-state index is -0.360. The molecule has 0 radical (unpaired) electrons. The molecule has 5 rings (SSSR count). The molecule has 0 bridgehead atoms. The summed E-state index contributed by atoms with van der Waals surface area (Å²) >= 11 is 5.92. The molecule has 2 aliphatic heterocycles. The molecule has 9 heteroatoms. The number of aromatic nitrogens is 3. The van der Waals surface area contributed by atoms with Gasteiger partial charge in [0.05, 0.1) is 17.6 Å². The average molecular weight is 471 g/mol. The van der Waals surface area contributed by atoms with Crippen molar-refractivity contribution in [2.75, 3.05) is 31.1 Å². The zero-order valence-electron chi connectivity index (χ0n) is 18.8. The molecule has 1 aromatic heterocycles. The van der Waals surface area contributed by atoms with Gasteiger partial charge in [-0.15, -0.1) is 5.10 Å². The average Bonchev–Trinajstić information content (AvgIpc) is 3.48. The fourth-order valence-electron chi connectivity index (χ4n) is 5.02. The summed E-state index contributed by atoms with van der Waals surface area (Å²) in [5.41, 5.74) is 3.16. The normalized spacial score (nSPS) is 22.2. The van der Waals surface area contributed by atoms with Crippen LogP contribution in [0.4, 0.5) is 10.1 Å². The summed E-state index contributed by atoms with van der Waals surface area (Å²) in [6.45, 7) is 7.12. The van der Waals surface area contributed by atoms with E-state index in [1.807, 2.05) is 24.0 Å². The number of hydrogen-bond acceptors (Lipinski definition) is 5. The highest BCUT2D eigenvalue weighted by atomic mass is 35.5. The van der Waals surface area contributed by atoms with Crippen LogP contribution in [0.15, 0.2) is 36.4 Å². The first kappa shape index (κ1) is 22.1. The molecule has 0 saturated carbocycles. The van der Waals surface area contributed by atoms with Crippen molar-refractivity contribution in [3.05, 3.63) is 52.8 Å². The van der Waals surface area contributed by atoms with Gasteiger partial charge in [0.2, 0.25) is 5.91 Å². The molecule has 33 heavy (non-hydrogen) atoms.